The van der Waals surface area contributed by atoms with Crippen molar-refractivity contribution in [2.45, 2.75) is 56.4 Å². The average Bonchev–Trinajstić information content (AvgIpc) is 3.69. The minimum Gasteiger partial charge on any atom is -0.497 e. The van der Waals surface area contributed by atoms with Crippen LogP contribution in [0.15, 0.2) is 132 Å². The van der Waals surface area contributed by atoms with Gasteiger partial charge < -0.3 is 35.0 Å². The summed E-state index contributed by atoms with van der Waals surface area (Å²) in [4.78, 5) is 66.0. The Morgan fingerprint density at radius 3 is 2.06 bits per heavy atom. The van der Waals surface area contributed by atoms with Crippen LogP contribution in [0.25, 0.3) is 0 Å². The molecular weight excluding hydrogens is 924 g/mol. The van der Waals surface area contributed by atoms with Gasteiger partial charge in [0.2, 0.25) is 0 Å². The normalized spacial score (nSPS) is 16.1. The van der Waals surface area contributed by atoms with E-state index in [2.05, 4.69) is 21.1 Å². The lowest BCUT2D eigenvalue weighted by molar-refractivity contribution is -0.153. The van der Waals surface area contributed by atoms with Crippen LogP contribution >= 0.6 is 46.3 Å². The summed E-state index contributed by atoms with van der Waals surface area (Å²) >= 11 is 15.7. The second-order valence-corrected chi connectivity index (χ2v) is 19.0. The number of nitrogens with zero attached hydrogens (tertiary/aromatic N) is 3. The monoisotopic (exact) mass is 970 g/mol. The van der Waals surface area contributed by atoms with E-state index in [4.69, 9.17) is 47.2 Å². The van der Waals surface area contributed by atoms with E-state index in [0.717, 1.165) is 33.6 Å². The van der Waals surface area contributed by atoms with Gasteiger partial charge in [0.1, 0.15) is 57.2 Å². The first-order valence-electron chi connectivity index (χ1n) is 20.9. The Labute approximate surface area is 401 Å². The van der Waals surface area contributed by atoms with Crippen LogP contribution in [0, 0.1) is 0 Å². The zero-order chi connectivity index (χ0) is 46.8. The Kier molecular flexibility index (Phi) is 15.6. The van der Waals surface area contributed by atoms with Crippen molar-refractivity contribution in [2.24, 2.45) is 5.16 Å². The number of halogens is 2. The van der Waals surface area contributed by atoms with Gasteiger partial charge in [-0.1, -0.05) is 131 Å². The maximum absolute atomic E-state index is 14.4. The van der Waals surface area contributed by atoms with Gasteiger partial charge >= 0.3 is 12.1 Å². The minimum absolute atomic E-state index is 0.00341. The molecule has 66 heavy (non-hydrogen) atoms. The topological polar surface area (TPSA) is 170 Å². The fourth-order valence-corrected chi connectivity index (χ4v) is 10.1. The van der Waals surface area contributed by atoms with Crippen LogP contribution in [-0.4, -0.2) is 88.4 Å². The van der Waals surface area contributed by atoms with Crippen molar-refractivity contribution in [1.82, 2.24) is 20.5 Å². The van der Waals surface area contributed by atoms with Gasteiger partial charge in [0.15, 0.2) is 10.8 Å². The second-order valence-electron chi connectivity index (χ2n) is 16.0. The molecule has 1 saturated heterocycles. The number of aromatic nitrogens is 1. The van der Waals surface area contributed by atoms with Gasteiger partial charge in [0.05, 0.1) is 7.11 Å². The van der Waals surface area contributed by atoms with Gasteiger partial charge in [0.25, 0.3) is 11.8 Å². The molecule has 2 aliphatic heterocycles. The lowest BCUT2D eigenvalue weighted by atomic mass is 9.77. The highest BCUT2D eigenvalue weighted by Crippen LogP contribution is 2.43. The molecule has 3 heterocycles. The number of ether oxygens (including phenoxy) is 3. The number of carbonyl (C=O) groups is 4. The van der Waals surface area contributed by atoms with Crippen molar-refractivity contribution >= 4 is 81.0 Å². The third-order valence-corrected chi connectivity index (χ3v) is 13.2. The van der Waals surface area contributed by atoms with Gasteiger partial charge in [0, 0.05) is 24.6 Å². The second kappa shape index (κ2) is 21.5. The molecule has 2 atom stereocenters. The number of benzene rings is 4. The van der Waals surface area contributed by atoms with Crippen LogP contribution in [-0.2, 0) is 40.8 Å². The zero-order valence-corrected chi connectivity index (χ0v) is 39.7. The molecule has 2 aliphatic rings. The van der Waals surface area contributed by atoms with Crippen LogP contribution in [0.1, 0.15) is 55.1 Å². The molecule has 1 fully saturated rings. The number of nitrogens with one attached hydrogen (secondary N) is 3. The molecule has 3 amide bonds. The van der Waals surface area contributed by atoms with Crippen molar-refractivity contribution in [1.29, 1.82) is 0 Å². The van der Waals surface area contributed by atoms with E-state index in [0.29, 0.717) is 28.6 Å². The summed E-state index contributed by atoms with van der Waals surface area (Å²) in [7, 11) is 1.56. The molecule has 344 valence electrons. The number of thiazole rings is 1. The summed E-state index contributed by atoms with van der Waals surface area (Å²) in [6.07, 6.45) is -0.274. The first-order chi connectivity index (χ1) is 31.8. The first kappa shape index (κ1) is 47.9. The van der Waals surface area contributed by atoms with Crippen LogP contribution in [0.4, 0.5) is 9.93 Å². The van der Waals surface area contributed by atoms with Crippen LogP contribution in [0.5, 0.6) is 5.75 Å². The highest BCUT2D eigenvalue weighted by atomic mass is 35.5. The van der Waals surface area contributed by atoms with Crippen LogP contribution in [0.3, 0.4) is 0 Å². The number of amides is 3. The molecule has 7 rings (SSSR count). The molecule has 0 bridgehead atoms. The molecule has 1 aromatic heterocycles. The number of esters is 1. The van der Waals surface area contributed by atoms with Crippen molar-refractivity contribution in [3.05, 3.63) is 159 Å². The number of thioether (sulfide) groups is 1. The lowest BCUT2D eigenvalue weighted by Crippen LogP contribution is -2.71. The van der Waals surface area contributed by atoms with Crippen LogP contribution in [0.2, 0.25) is 4.34 Å². The summed E-state index contributed by atoms with van der Waals surface area (Å²) in [5, 5.41) is 13.1. The largest absolute Gasteiger partial charge is 0.497 e. The predicted octanol–water partition coefficient (Wildman–Crippen LogP) is 8.48. The van der Waals surface area contributed by atoms with E-state index < -0.39 is 46.4 Å². The third-order valence-electron chi connectivity index (χ3n) is 10.4. The lowest BCUT2D eigenvalue weighted by Gasteiger charge is -2.49. The number of oxime groups is 1. The number of alkyl carbamates (subject to hydrolysis) is 1. The van der Waals surface area contributed by atoms with Crippen molar-refractivity contribution in [3.8, 4) is 5.75 Å². The first-order valence-corrected chi connectivity index (χ1v) is 23.7. The van der Waals surface area contributed by atoms with Gasteiger partial charge in [-0.25, -0.2) is 14.6 Å². The molecule has 4 aromatic carbocycles. The Balaban J connectivity index is 1.15. The number of carbonyl (C=O) groups excluding carboxylic acids is 4. The Bertz CT molecular complexity index is 2480. The van der Waals surface area contributed by atoms with E-state index in [1.807, 2.05) is 91.0 Å². The molecule has 3 N–H and O–H groups in total. The maximum atomic E-state index is 14.4. The highest BCUT2D eigenvalue weighted by molar-refractivity contribution is 8.00. The van der Waals surface area contributed by atoms with Gasteiger partial charge in [-0.15, -0.1) is 23.4 Å². The number of anilines is 1. The fourth-order valence-electron chi connectivity index (χ4n) is 7.31. The number of hydrogen-bond acceptors (Lipinski definition) is 13. The number of alkyl halides is 1. The SMILES string of the molecule is COc1ccc(COC(=O)C2=C(CCl)CS[C@H]3[C@H](NC(=O)C(=NOCCCNC(=O)OC(C)(C)C)c4nc(NC(c5ccccc5)(c5ccccc5)c5ccccc5)sc4Cl)C(=O)N23)cc1. The predicted molar refractivity (Wildman–Crippen MR) is 257 cm³/mol. The fraction of sp³-hybridized carbons (Fsp3) is 0.292. The number of hydrogen-bond donors (Lipinski definition) is 3. The number of methoxy groups -OCH3 is 1. The summed E-state index contributed by atoms with van der Waals surface area (Å²) in [5.74, 6) is -1.09. The maximum Gasteiger partial charge on any atom is 0.407 e. The molecule has 0 saturated carbocycles. The Morgan fingerprint density at radius 1 is 0.894 bits per heavy atom. The smallest absolute Gasteiger partial charge is 0.407 e. The summed E-state index contributed by atoms with van der Waals surface area (Å²) in [6, 6.07) is 35.7. The highest BCUT2D eigenvalue weighted by Gasteiger charge is 2.55. The van der Waals surface area contributed by atoms with Crippen molar-refractivity contribution in [3.63, 3.8) is 0 Å². The molecule has 0 radical (unpaired) electrons. The molecule has 0 spiro atoms. The van der Waals surface area contributed by atoms with Crippen molar-refractivity contribution < 1.29 is 38.2 Å². The third kappa shape index (κ3) is 11.0. The summed E-state index contributed by atoms with van der Waals surface area (Å²) in [5.41, 5.74) is 2.11. The Hall–Kier alpha value is -6.07. The van der Waals surface area contributed by atoms with Gasteiger partial charge in [-0.2, -0.15) is 0 Å². The van der Waals surface area contributed by atoms with E-state index in [9.17, 15) is 19.2 Å². The number of rotatable bonds is 18. The molecule has 18 heteroatoms. The van der Waals surface area contributed by atoms with E-state index in [1.165, 1.54) is 16.7 Å². The average molecular weight is 972 g/mol. The summed E-state index contributed by atoms with van der Waals surface area (Å²) in [6.45, 7) is 5.43. The quantitative estimate of drug-likeness (QED) is 0.0146. The van der Waals surface area contributed by atoms with Crippen molar-refractivity contribution in [2.75, 3.05) is 37.2 Å². The number of β-lactam (4-membered cyclic amide) rings is 1. The van der Waals surface area contributed by atoms with Crippen LogP contribution < -0.4 is 20.7 Å². The van der Waals surface area contributed by atoms with E-state index in [-0.39, 0.29) is 47.1 Å². The molecule has 0 aliphatic carbocycles. The van der Waals surface area contributed by atoms with Gasteiger partial charge in [-0.3, -0.25) is 14.5 Å². The Morgan fingerprint density at radius 2 is 1.50 bits per heavy atom. The standard InChI is InChI=1S/C48H48Cl2N6O8S2/c1-47(2,3)64-46(60)51-25-14-26-63-55-37(41(57)52-38-42(58)56-39(31(27-49)29-65-43(38)56)44(59)62-28-30-21-23-35(61-4)24-22-30)36-40(50)66-45(53-36)54-48(32-15-8-5-9-16-32,33-17-10-6-11-18-33)34-19-12-7-13-20-34/h5-13,15-24,38,43H,14,25-29H2,1-4H3,(H,51,60)(H,52,57)(H,53,54)/t38-,43+/m1/s1. The molecule has 0 unspecified atom stereocenters. The summed E-state index contributed by atoms with van der Waals surface area (Å²) < 4.78 is 16.3. The molecule has 14 nitrogen and oxygen atoms in total. The zero-order valence-electron chi connectivity index (χ0n) is 36.5. The number of fused-ring (bicyclic) bond motifs is 1. The molecular formula is C48H48Cl2N6O8S2. The minimum atomic E-state index is -1.07. The van der Waals surface area contributed by atoms with E-state index in [1.54, 1.807) is 52.1 Å². The van der Waals surface area contributed by atoms with Gasteiger partial charge in [-0.05, 0) is 60.7 Å². The molecule has 5 aromatic rings. The van der Waals surface area contributed by atoms with E-state index >= 15 is 0 Å².